The molecule has 1 saturated heterocycles. The molecule has 0 aliphatic carbocycles. The van der Waals surface area contributed by atoms with E-state index in [0.717, 1.165) is 24.0 Å². The SMILES string of the molecule is Cc1cnc(NC2CCN(S(=O)(=O)c3cccc(CBr)c3)CC2)nc1. The topological polar surface area (TPSA) is 75.2 Å². The van der Waals surface area contributed by atoms with E-state index in [1.54, 1.807) is 34.9 Å². The van der Waals surface area contributed by atoms with Crippen LogP contribution >= 0.6 is 15.9 Å². The van der Waals surface area contributed by atoms with Crippen LogP contribution in [0.15, 0.2) is 41.6 Å². The Hall–Kier alpha value is -1.51. The first-order valence-corrected chi connectivity index (χ1v) is 10.8. The molecule has 0 radical (unpaired) electrons. The van der Waals surface area contributed by atoms with Crippen LogP contribution in [0, 0.1) is 6.92 Å². The van der Waals surface area contributed by atoms with Gasteiger partial charge in [0.15, 0.2) is 0 Å². The Labute approximate surface area is 156 Å². The van der Waals surface area contributed by atoms with Gasteiger partial charge in [-0.2, -0.15) is 4.31 Å². The molecule has 0 spiro atoms. The van der Waals surface area contributed by atoms with Crippen LogP contribution in [-0.4, -0.2) is 41.8 Å². The Morgan fingerprint density at radius 2 is 1.92 bits per heavy atom. The molecule has 0 unspecified atom stereocenters. The molecule has 1 aliphatic rings. The molecule has 0 amide bonds. The summed E-state index contributed by atoms with van der Waals surface area (Å²) in [4.78, 5) is 8.86. The third kappa shape index (κ3) is 4.37. The van der Waals surface area contributed by atoms with Crippen molar-refractivity contribution in [2.24, 2.45) is 0 Å². The minimum atomic E-state index is -3.44. The first-order valence-electron chi connectivity index (χ1n) is 8.19. The quantitative estimate of drug-likeness (QED) is 0.746. The van der Waals surface area contributed by atoms with Crippen molar-refractivity contribution in [1.29, 1.82) is 0 Å². The lowest BCUT2D eigenvalue weighted by atomic mass is 10.1. The van der Waals surface area contributed by atoms with Crippen molar-refractivity contribution in [2.75, 3.05) is 18.4 Å². The maximum absolute atomic E-state index is 12.8. The molecular weight excluding hydrogens is 404 g/mol. The molecule has 0 saturated carbocycles. The number of aromatic nitrogens is 2. The van der Waals surface area contributed by atoms with Gasteiger partial charge in [-0.3, -0.25) is 0 Å². The van der Waals surface area contributed by atoms with Gasteiger partial charge < -0.3 is 5.32 Å². The normalized spacial score (nSPS) is 16.7. The van der Waals surface area contributed by atoms with Crippen LogP contribution in [0.3, 0.4) is 0 Å². The number of benzene rings is 1. The third-order valence-corrected chi connectivity index (χ3v) is 6.80. The van der Waals surface area contributed by atoms with Crippen molar-refractivity contribution in [3.8, 4) is 0 Å². The van der Waals surface area contributed by atoms with E-state index in [-0.39, 0.29) is 6.04 Å². The smallest absolute Gasteiger partial charge is 0.243 e. The largest absolute Gasteiger partial charge is 0.351 e. The molecule has 2 aromatic rings. The lowest BCUT2D eigenvalue weighted by Gasteiger charge is -2.31. The summed E-state index contributed by atoms with van der Waals surface area (Å²) < 4.78 is 27.2. The highest BCUT2D eigenvalue weighted by Crippen LogP contribution is 2.23. The predicted molar refractivity (Wildman–Crippen MR) is 101 cm³/mol. The molecule has 1 fully saturated rings. The van der Waals surface area contributed by atoms with Gasteiger partial charge in [0, 0.05) is 36.9 Å². The fourth-order valence-electron chi connectivity index (χ4n) is 2.83. The maximum atomic E-state index is 12.8. The third-order valence-electron chi connectivity index (χ3n) is 4.26. The number of sulfonamides is 1. The van der Waals surface area contributed by atoms with E-state index in [1.807, 2.05) is 13.0 Å². The average Bonchev–Trinajstić information content (AvgIpc) is 2.64. The zero-order valence-corrected chi connectivity index (χ0v) is 16.4. The van der Waals surface area contributed by atoms with Crippen LogP contribution in [0.1, 0.15) is 24.0 Å². The van der Waals surface area contributed by atoms with Gasteiger partial charge in [-0.25, -0.2) is 18.4 Å². The minimum absolute atomic E-state index is 0.183. The molecule has 0 bridgehead atoms. The second-order valence-electron chi connectivity index (χ2n) is 6.19. The van der Waals surface area contributed by atoms with E-state index in [1.165, 1.54) is 0 Å². The second kappa shape index (κ2) is 7.80. The zero-order valence-electron chi connectivity index (χ0n) is 14.0. The number of piperidine rings is 1. The number of hydrogen-bond donors (Lipinski definition) is 1. The molecule has 1 aromatic heterocycles. The summed E-state index contributed by atoms with van der Waals surface area (Å²) >= 11 is 3.37. The molecule has 134 valence electrons. The average molecular weight is 425 g/mol. The van der Waals surface area contributed by atoms with Gasteiger partial charge in [0.25, 0.3) is 0 Å². The zero-order chi connectivity index (χ0) is 17.9. The van der Waals surface area contributed by atoms with E-state index in [0.29, 0.717) is 29.3 Å². The highest BCUT2D eigenvalue weighted by Gasteiger charge is 2.29. The monoisotopic (exact) mass is 424 g/mol. The minimum Gasteiger partial charge on any atom is -0.351 e. The van der Waals surface area contributed by atoms with Gasteiger partial charge in [0.1, 0.15) is 0 Å². The summed E-state index contributed by atoms with van der Waals surface area (Å²) in [5.41, 5.74) is 1.96. The van der Waals surface area contributed by atoms with Gasteiger partial charge in [0.05, 0.1) is 4.90 Å². The predicted octanol–water partition coefficient (Wildman–Crippen LogP) is 2.95. The summed E-state index contributed by atoms with van der Waals surface area (Å²) in [7, 11) is -3.44. The van der Waals surface area contributed by atoms with Crippen LogP contribution < -0.4 is 5.32 Å². The van der Waals surface area contributed by atoms with Gasteiger partial charge in [-0.05, 0) is 43.0 Å². The number of alkyl halides is 1. The van der Waals surface area contributed by atoms with E-state index >= 15 is 0 Å². The summed E-state index contributed by atoms with van der Waals surface area (Å²) in [5.74, 6) is 0.594. The van der Waals surface area contributed by atoms with Crippen LogP contribution in [-0.2, 0) is 15.4 Å². The molecule has 2 heterocycles. The highest BCUT2D eigenvalue weighted by molar-refractivity contribution is 9.08. The second-order valence-corrected chi connectivity index (χ2v) is 8.69. The number of nitrogens with one attached hydrogen (secondary N) is 1. The summed E-state index contributed by atoms with van der Waals surface area (Å²) in [6, 6.07) is 7.27. The molecule has 1 aromatic carbocycles. The number of nitrogens with zero attached hydrogens (tertiary/aromatic N) is 3. The fraction of sp³-hybridized carbons (Fsp3) is 0.412. The Balaban J connectivity index is 1.63. The first-order chi connectivity index (χ1) is 12.0. The lowest BCUT2D eigenvalue weighted by molar-refractivity contribution is 0.329. The Morgan fingerprint density at radius 3 is 2.56 bits per heavy atom. The number of rotatable bonds is 5. The molecule has 1 aliphatic heterocycles. The van der Waals surface area contributed by atoms with E-state index in [2.05, 4.69) is 31.2 Å². The number of halogens is 1. The Bertz CT molecular complexity index is 819. The standard InChI is InChI=1S/C17H21BrN4O2S/c1-13-11-19-17(20-12-13)21-15-5-7-22(8-6-15)25(23,24)16-4-2-3-14(9-16)10-18/h2-4,9,11-12,15H,5-8,10H2,1H3,(H,19,20,21). The van der Waals surface area contributed by atoms with Crippen LogP contribution in [0.25, 0.3) is 0 Å². The fourth-order valence-corrected chi connectivity index (χ4v) is 4.72. The van der Waals surface area contributed by atoms with Crippen molar-refractivity contribution in [1.82, 2.24) is 14.3 Å². The lowest BCUT2D eigenvalue weighted by Crippen LogP contribution is -2.42. The first kappa shape index (κ1) is 18.3. The Kier molecular flexibility index (Phi) is 5.71. The maximum Gasteiger partial charge on any atom is 0.243 e. The van der Waals surface area contributed by atoms with Crippen molar-refractivity contribution in [3.63, 3.8) is 0 Å². The molecule has 25 heavy (non-hydrogen) atoms. The van der Waals surface area contributed by atoms with Crippen LogP contribution in [0.2, 0.25) is 0 Å². The van der Waals surface area contributed by atoms with E-state index in [4.69, 9.17) is 0 Å². The van der Waals surface area contributed by atoms with E-state index in [9.17, 15) is 8.42 Å². The molecule has 8 heteroatoms. The summed E-state index contributed by atoms with van der Waals surface area (Å²) in [6.07, 6.45) is 5.00. The summed E-state index contributed by atoms with van der Waals surface area (Å²) in [5, 5.41) is 3.93. The molecule has 1 N–H and O–H groups in total. The van der Waals surface area contributed by atoms with Crippen molar-refractivity contribution < 1.29 is 8.42 Å². The van der Waals surface area contributed by atoms with Gasteiger partial charge in [-0.15, -0.1) is 0 Å². The molecule has 3 rings (SSSR count). The Morgan fingerprint density at radius 1 is 1.24 bits per heavy atom. The number of aryl methyl sites for hydroxylation is 1. The highest BCUT2D eigenvalue weighted by atomic mass is 79.9. The van der Waals surface area contributed by atoms with Crippen LogP contribution in [0.5, 0.6) is 0 Å². The molecule has 0 atom stereocenters. The number of hydrogen-bond acceptors (Lipinski definition) is 5. The van der Waals surface area contributed by atoms with Gasteiger partial charge >= 0.3 is 0 Å². The van der Waals surface area contributed by atoms with Gasteiger partial charge in [-0.1, -0.05) is 28.1 Å². The van der Waals surface area contributed by atoms with E-state index < -0.39 is 10.0 Å². The van der Waals surface area contributed by atoms with Crippen molar-refractivity contribution in [2.45, 2.75) is 36.0 Å². The number of anilines is 1. The van der Waals surface area contributed by atoms with Crippen LogP contribution in [0.4, 0.5) is 5.95 Å². The molecular formula is C17H21BrN4O2S. The van der Waals surface area contributed by atoms with Crippen molar-refractivity contribution >= 4 is 31.9 Å². The van der Waals surface area contributed by atoms with Crippen molar-refractivity contribution in [3.05, 3.63) is 47.8 Å². The summed E-state index contributed by atoms with van der Waals surface area (Å²) in [6.45, 7) is 2.92. The van der Waals surface area contributed by atoms with Gasteiger partial charge in [0.2, 0.25) is 16.0 Å². The molecule has 6 nitrogen and oxygen atoms in total.